The molecule has 0 saturated carbocycles. The maximum atomic E-state index is 12.8. The zero-order chi connectivity index (χ0) is 58.4. The number of rotatable bonds is 63. The summed E-state index contributed by atoms with van der Waals surface area (Å²) < 4.78 is 34.3. The van der Waals surface area contributed by atoms with Gasteiger partial charge in [0.1, 0.15) is 19.8 Å². The molecule has 0 heterocycles. The molecule has 0 aliphatic carbocycles. The Labute approximate surface area is 496 Å². The largest absolute Gasteiger partial charge is 0.756 e. The Bertz CT molecular complexity index is 1530. The number of nitrogens with zero attached hydrogens (tertiary/aromatic N) is 1. The first kappa shape index (κ1) is 77.7. The van der Waals surface area contributed by atoms with Crippen LogP contribution in [0.4, 0.5) is 0 Å². The van der Waals surface area contributed by atoms with Crippen molar-refractivity contribution in [2.75, 3.05) is 47.5 Å². The van der Waals surface area contributed by atoms with Crippen molar-refractivity contribution < 1.29 is 42.1 Å². The van der Waals surface area contributed by atoms with E-state index < -0.39 is 26.5 Å². The molecule has 0 saturated heterocycles. The van der Waals surface area contributed by atoms with Crippen molar-refractivity contribution >= 4 is 19.8 Å². The van der Waals surface area contributed by atoms with Crippen LogP contribution in [0.15, 0.2) is 60.8 Å². The van der Waals surface area contributed by atoms with E-state index in [1.54, 1.807) is 0 Å². The van der Waals surface area contributed by atoms with Crippen LogP contribution in [0.1, 0.15) is 322 Å². The Balaban J connectivity index is 3.97. The van der Waals surface area contributed by atoms with E-state index >= 15 is 0 Å². The number of phosphoric ester groups is 1. The highest BCUT2D eigenvalue weighted by Gasteiger charge is 2.22. The van der Waals surface area contributed by atoms with Crippen LogP contribution in [0.5, 0.6) is 0 Å². The lowest BCUT2D eigenvalue weighted by Crippen LogP contribution is -2.37. The summed E-state index contributed by atoms with van der Waals surface area (Å²) in [5.41, 5.74) is 0. The topological polar surface area (TPSA) is 111 Å². The number of phosphoric acid groups is 1. The number of quaternary nitrogens is 1. The summed E-state index contributed by atoms with van der Waals surface area (Å²) in [4.78, 5) is 38.0. The van der Waals surface area contributed by atoms with Crippen molar-refractivity contribution in [3.8, 4) is 0 Å². The summed E-state index contributed by atoms with van der Waals surface area (Å²) in [6.45, 7) is 4.16. The van der Waals surface area contributed by atoms with Crippen molar-refractivity contribution in [3.63, 3.8) is 0 Å². The third-order valence-electron chi connectivity index (χ3n) is 15.0. The van der Waals surface area contributed by atoms with Gasteiger partial charge in [-0.2, -0.15) is 0 Å². The van der Waals surface area contributed by atoms with E-state index in [0.717, 1.165) is 70.6 Å². The molecule has 2 atom stereocenters. The molecule has 80 heavy (non-hydrogen) atoms. The Kier molecular flexibility index (Phi) is 59.5. The summed E-state index contributed by atoms with van der Waals surface area (Å²) >= 11 is 0. The van der Waals surface area contributed by atoms with Gasteiger partial charge in [0.15, 0.2) is 6.10 Å². The number of carbonyl (C=O) groups excluding carboxylic acids is 2. The molecule has 0 aromatic carbocycles. The predicted octanol–water partition coefficient (Wildman–Crippen LogP) is 21.2. The first-order valence-corrected chi connectivity index (χ1v) is 35.5. The molecule has 2 unspecified atom stereocenters. The number of hydrogen-bond donors (Lipinski definition) is 0. The van der Waals surface area contributed by atoms with Crippen LogP contribution in [0, 0.1) is 0 Å². The van der Waals surface area contributed by atoms with Gasteiger partial charge in [-0.3, -0.25) is 14.2 Å². The fourth-order valence-corrected chi connectivity index (χ4v) is 10.6. The molecular formula is C70H130NO8P. The van der Waals surface area contributed by atoms with E-state index in [1.165, 1.54) is 218 Å². The van der Waals surface area contributed by atoms with Crippen molar-refractivity contribution in [2.24, 2.45) is 0 Å². The summed E-state index contributed by atoms with van der Waals surface area (Å²) in [6.07, 6.45) is 80.2. The third-order valence-corrected chi connectivity index (χ3v) is 16.0. The van der Waals surface area contributed by atoms with Gasteiger partial charge < -0.3 is 27.9 Å². The number of allylic oxidation sites excluding steroid dienone is 10. The number of likely N-dealkylation sites (N-methyl/N-ethyl adjacent to an activating group) is 1. The minimum atomic E-state index is -4.64. The number of ether oxygens (including phenoxy) is 2. The second-order valence-electron chi connectivity index (χ2n) is 24.2. The van der Waals surface area contributed by atoms with Gasteiger partial charge in [0.2, 0.25) is 0 Å². The Hall–Kier alpha value is -2.29. The molecule has 0 aliphatic rings. The molecular weight excluding hydrogens is 1010 g/mol. The molecule has 468 valence electrons. The molecule has 0 aliphatic heterocycles. The molecule has 0 spiro atoms. The first-order valence-electron chi connectivity index (χ1n) is 34.0. The Morgan fingerprint density at radius 3 is 1.07 bits per heavy atom. The van der Waals surface area contributed by atoms with Gasteiger partial charge in [0.05, 0.1) is 27.7 Å². The molecule has 0 fully saturated rings. The number of unbranched alkanes of at least 4 members (excludes halogenated alkanes) is 39. The monoisotopic (exact) mass is 1140 g/mol. The molecule has 0 bridgehead atoms. The lowest BCUT2D eigenvalue weighted by Gasteiger charge is -2.28. The van der Waals surface area contributed by atoms with E-state index in [2.05, 4.69) is 74.6 Å². The maximum absolute atomic E-state index is 12.8. The summed E-state index contributed by atoms with van der Waals surface area (Å²) in [7, 11) is 1.17. The van der Waals surface area contributed by atoms with E-state index in [1.807, 2.05) is 21.1 Å². The van der Waals surface area contributed by atoms with Gasteiger partial charge in [-0.05, 0) is 77.0 Å². The zero-order valence-electron chi connectivity index (χ0n) is 53.3. The molecule has 0 rings (SSSR count). The quantitative estimate of drug-likeness (QED) is 0.0195. The molecule has 9 nitrogen and oxygen atoms in total. The SMILES string of the molecule is CC/C=C\C/C=C\C/C=C\C/C=C\CCCCCCCCCCC(=O)OC(COC(=O)CCCCCCCCCCCCCCCCCCCCCCCCC/C=C\CCCCCCCCCC)COP(=O)([O-])OCC[N+](C)(C)C. The summed E-state index contributed by atoms with van der Waals surface area (Å²) in [6, 6.07) is 0. The minimum absolute atomic E-state index is 0.0330. The van der Waals surface area contributed by atoms with E-state index in [9.17, 15) is 19.0 Å². The van der Waals surface area contributed by atoms with Gasteiger partial charge in [-0.15, -0.1) is 0 Å². The van der Waals surface area contributed by atoms with Gasteiger partial charge in [0.25, 0.3) is 7.82 Å². The van der Waals surface area contributed by atoms with Crippen LogP contribution in [-0.4, -0.2) is 70.0 Å². The van der Waals surface area contributed by atoms with Gasteiger partial charge in [-0.25, -0.2) is 0 Å². The molecule has 0 aromatic rings. The van der Waals surface area contributed by atoms with Crippen LogP contribution in [0.3, 0.4) is 0 Å². The van der Waals surface area contributed by atoms with Crippen LogP contribution >= 0.6 is 7.82 Å². The molecule has 0 N–H and O–H groups in total. The van der Waals surface area contributed by atoms with E-state index in [0.29, 0.717) is 17.4 Å². The fraction of sp³-hybridized carbons (Fsp3) is 0.829. The van der Waals surface area contributed by atoms with Crippen molar-refractivity contribution in [3.05, 3.63) is 60.8 Å². The minimum Gasteiger partial charge on any atom is -0.756 e. The van der Waals surface area contributed by atoms with Crippen LogP contribution in [-0.2, 0) is 32.7 Å². The van der Waals surface area contributed by atoms with E-state index in [-0.39, 0.29) is 32.0 Å². The van der Waals surface area contributed by atoms with Crippen LogP contribution in [0.2, 0.25) is 0 Å². The molecule has 0 amide bonds. The first-order chi connectivity index (χ1) is 39.0. The molecule has 10 heteroatoms. The van der Waals surface area contributed by atoms with Crippen LogP contribution < -0.4 is 4.89 Å². The number of esters is 2. The van der Waals surface area contributed by atoms with Gasteiger partial charge in [0, 0.05) is 12.8 Å². The lowest BCUT2D eigenvalue weighted by atomic mass is 10.0. The molecule has 0 aromatic heterocycles. The van der Waals surface area contributed by atoms with Gasteiger partial charge >= 0.3 is 11.9 Å². The highest BCUT2D eigenvalue weighted by Crippen LogP contribution is 2.38. The third kappa shape index (κ3) is 64.9. The van der Waals surface area contributed by atoms with Crippen molar-refractivity contribution in [1.82, 2.24) is 0 Å². The average molecular weight is 1140 g/mol. The summed E-state index contributed by atoms with van der Waals surface area (Å²) in [5, 5.41) is 0. The Morgan fingerprint density at radius 1 is 0.400 bits per heavy atom. The van der Waals surface area contributed by atoms with Crippen molar-refractivity contribution in [1.29, 1.82) is 0 Å². The zero-order valence-corrected chi connectivity index (χ0v) is 54.2. The highest BCUT2D eigenvalue weighted by atomic mass is 31.2. The van der Waals surface area contributed by atoms with E-state index in [4.69, 9.17) is 18.5 Å². The Morgan fingerprint density at radius 2 is 0.713 bits per heavy atom. The predicted molar refractivity (Wildman–Crippen MR) is 342 cm³/mol. The van der Waals surface area contributed by atoms with Gasteiger partial charge in [-0.1, -0.05) is 293 Å². The number of carbonyl (C=O) groups is 2. The lowest BCUT2D eigenvalue weighted by molar-refractivity contribution is -0.870. The van der Waals surface area contributed by atoms with Crippen molar-refractivity contribution in [2.45, 2.75) is 328 Å². The number of hydrogen-bond acceptors (Lipinski definition) is 8. The fourth-order valence-electron chi connectivity index (χ4n) is 9.82. The standard InChI is InChI=1S/C70H130NO8P/c1-6-8-10-12-14-16-18-20-22-24-26-28-29-30-31-32-33-34-35-36-37-38-39-40-41-43-44-46-48-50-52-54-56-58-60-62-69(72)76-66-68(67-78-80(74,75)77-65-64-71(3,4)5)79-70(73)63-61-59-57-55-53-51-49-47-45-42-27-25-23-21-19-17-15-13-11-9-7-2/h9,11,15,17,21,23-24,26-27,42,68H,6-8,10,12-14,16,18-20,22,25,28-41,43-67H2,1-5H3/b11-9-,17-15-,23-21-,26-24-,42-27-. The highest BCUT2D eigenvalue weighted by molar-refractivity contribution is 7.45. The second-order valence-corrected chi connectivity index (χ2v) is 25.6. The normalized spacial score (nSPS) is 13.5. The summed E-state index contributed by atoms with van der Waals surface area (Å²) in [5.74, 6) is -0.831. The average Bonchev–Trinajstić information content (AvgIpc) is 3.42. The smallest absolute Gasteiger partial charge is 0.306 e. The maximum Gasteiger partial charge on any atom is 0.306 e. The van der Waals surface area contributed by atoms with Crippen LogP contribution in [0.25, 0.3) is 0 Å². The second kappa shape index (κ2) is 61.3. The molecule has 0 radical (unpaired) electrons.